The van der Waals surface area contributed by atoms with Gasteiger partial charge in [-0.1, -0.05) is 0 Å². The first-order valence-electron chi connectivity index (χ1n) is 5.96. The van der Waals surface area contributed by atoms with E-state index in [1.165, 1.54) is 0 Å². The van der Waals surface area contributed by atoms with Gasteiger partial charge in [-0.25, -0.2) is 0 Å². The Morgan fingerprint density at radius 1 is 1.59 bits per heavy atom. The van der Waals surface area contributed by atoms with Crippen LogP contribution < -0.4 is 15.2 Å². The molecular weight excluding hydrogens is 218 g/mol. The van der Waals surface area contributed by atoms with Gasteiger partial charge in [-0.3, -0.25) is 0 Å². The first-order valence-corrected chi connectivity index (χ1v) is 5.96. The Bertz CT molecular complexity index is 460. The molecule has 0 saturated heterocycles. The molecule has 92 valence electrons. The van der Waals surface area contributed by atoms with Gasteiger partial charge < -0.3 is 20.3 Å². The summed E-state index contributed by atoms with van der Waals surface area (Å²) < 4.78 is 11.0. The lowest BCUT2D eigenvalue weighted by Gasteiger charge is -2.36. The van der Waals surface area contributed by atoms with Crippen molar-refractivity contribution < 1.29 is 14.6 Å². The van der Waals surface area contributed by atoms with Crippen LogP contribution in [0.15, 0.2) is 12.1 Å². The average Bonchev–Trinajstić information content (AvgIpc) is 2.78. The van der Waals surface area contributed by atoms with Crippen molar-refractivity contribution in [1.29, 1.82) is 0 Å². The van der Waals surface area contributed by atoms with Gasteiger partial charge in [0.15, 0.2) is 0 Å². The number of hydrogen-bond acceptors (Lipinski definition) is 4. The molecule has 0 saturated carbocycles. The highest BCUT2D eigenvalue weighted by atomic mass is 16.5. The minimum atomic E-state index is -0.971. The molecule has 3 rings (SSSR count). The molecule has 0 unspecified atom stereocenters. The molecule has 0 aromatic heterocycles. The Kier molecular flexibility index (Phi) is 2.31. The summed E-state index contributed by atoms with van der Waals surface area (Å²) in [7, 11) is 1.62. The summed E-state index contributed by atoms with van der Waals surface area (Å²) >= 11 is 0. The minimum Gasteiger partial charge on any atom is -0.496 e. The zero-order valence-corrected chi connectivity index (χ0v) is 9.90. The van der Waals surface area contributed by atoms with E-state index in [0.29, 0.717) is 24.7 Å². The predicted molar refractivity (Wildman–Crippen MR) is 63.4 cm³/mol. The van der Waals surface area contributed by atoms with Crippen LogP contribution in [0.5, 0.6) is 11.5 Å². The lowest BCUT2D eigenvalue weighted by Crippen LogP contribution is -2.39. The van der Waals surface area contributed by atoms with Gasteiger partial charge in [0.1, 0.15) is 17.1 Å². The summed E-state index contributed by atoms with van der Waals surface area (Å²) in [4.78, 5) is 0. The third-order valence-corrected chi connectivity index (χ3v) is 3.94. The van der Waals surface area contributed by atoms with Gasteiger partial charge >= 0.3 is 0 Å². The predicted octanol–water partition coefficient (Wildman–Crippen LogP) is 1.11. The van der Waals surface area contributed by atoms with Crippen molar-refractivity contribution in [3.63, 3.8) is 0 Å². The van der Waals surface area contributed by atoms with E-state index in [1.54, 1.807) is 7.11 Å². The molecule has 0 fully saturated rings. The number of benzene rings is 1. The van der Waals surface area contributed by atoms with Crippen molar-refractivity contribution in [1.82, 2.24) is 0 Å². The highest BCUT2D eigenvalue weighted by Gasteiger charge is 2.43. The van der Waals surface area contributed by atoms with E-state index in [1.807, 2.05) is 12.1 Å². The molecule has 17 heavy (non-hydrogen) atoms. The summed E-state index contributed by atoms with van der Waals surface area (Å²) in [6.07, 6.45) is 1.59. The standard InChI is InChI=1S/C13H17NO3/c1-16-10-3-2-9-11-8(6-17-9)4-5-13(15,7-14)12(10)11/h2-3,8,15H,4-7,14H2,1H3/t8-,13+/m0/s1. The maximum absolute atomic E-state index is 10.7. The zero-order valence-electron chi connectivity index (χ0n) is 9.90. The molecule has 0 radical (unpaired) electrons. The smallest absolute Gasteiger partial charge is 0.125 e. The highest BCUT2D eigenvalue weighted by Crippen LogP contribution is 2.51. The molecule has 1 aliphatic heterocycles. The maximum atomic E-state index is 10.7. The van der Waals surface area contributed by atoms with E-state index in [0.717, 1.165) is 23.3 Å². The van der Waals surface area contributed by atoms with Crippen molar-refractivity contribution in [3.8, 4) is 11.5 Å². The van der Waals surface area contributed by atoms with Crippen molar-refractivity contribution in [3.05, 3.63) is 23.3 Å². The monoisotopic (exact) mass is 235 g/mol. The molecule has 1 aromatic rings. The quantitative estimate of drug-likeness (QED) is 0.806. The van der Waals surface area contributed by atoms with Crippen LogP contribution in [0, 0.1) is 0 Å². The highest BCUT2D eigenvalue weighted by molar-refractivity contribution is 5.56. The lowest BCUT2D eigenvalue weighted by atomic mass is 9.74. The molecule has 2 atom stereocenters. The second kappa shape index (κ2) is 3.62. The molecule has 1 aromatic carbocycles. The normalized spacial score (nSPS) is 29.7. The Hall–Kier alpha value is -1.26. The number of nitrogens with two attached hydrogens (primary N) is 1. The first kappa shape index (κ1) is 10.9. The second-order valence-electron chi connectivity index (χ2n) is 4.84. The third kappa shape index (κ3) is 1.37. The van der Waals surface area contributed by atoms with Crippen LogP contribution in [-0.2, 0) is 5.60 Å². The largest absolute Gasteiger partial charge is 0.496 e. The van der Waals surface area contributed by atoms with E-state index in [9.17, 15) is 5.11 Å². The van der Waals surface area contributed by atoms with Crippen molar-refractivity contribution in [2.45, 2.75) is 24.4 Å². The summed E-state index contributed by atoms with van der Waals surface area (Å²) in [5.74, 6) is 1.96. The Morgan fingerprint density at radius 2 is 2.41 bits per heavy atom. The van der Waals surface area contributed by atoms with Crippen molar-refractivity contribution in [2.24, 2.45) is 5.73 Å². The Labute approximate surface area is 100 Å². The van der Waals surface area contributed by atoms with Crippen LogP contribution in [0.1, 0.15) is 29.9 Å². The number of hydrogen-bond donors (Lipinski definition) is 2. The van der Waals surface area contributed by atoms with Crippen LogP contribution in [0.2, 0.25) is 0 Å². The molecule has 1 heterocycles. The molecule has 1 aliphatic carbocycles. The number of methoxy groups -OCH3 is 1. The van der Waals surface area contributed by atoms with Gasteiger partial charge in [0.05, 0.1) is 13.7 Å². The SMILES string of the molecule is COc1ccc2c3c1[C@](O)(CN)CC[C@H]3CO2. The first-order chi connectivity index (χ1) is 8.19. The van der Waals surface area contributed by atoms with Crippen LogP contribution in [0.3, 0.4) is 0 Å². The minimum absolute atomic E-state index is 0.215. The molecule has 3 N–H and O–H groups in total. The second-order valence-corrected chi connectivity index (χ2v) is 4.84. The van der Waals surface area contributed by atoms with Crippen molar-refractivity contribution in [2.75, 3.05) is 20.3 Å². The fourth-order valence-corrected chi connectivity index (χ4v) is 3.01. The maximum Gasteiger partial charge on any atom is 0.125 e. The lowest BCUT2D eigenvalue weighted by molar-refractivity contribution is 0.0220. The summed E-state index contributed by atoms with van der Waals surface area (Å²) in [6, 6.07) is 3.77. The van der Waals surface area contributed by atoms with Gasteiger partial charge in [-0.05, 0) is 25.0 Å². The fourth-order valence-electron chi connectivity index (χ4n) is 3.01. The molecule has 4 heteroatoms. The molecule has 2 aliphatic rings. The summed E-state index contributed by atoms with van der Waals surface area (Å²) in [5.41, 5.74) is 6.72. The number of ether oxygens (including phenoxy) is 2. The van der Waals surface area contributed by atoms with Crippen LogP contribution >= 0.6 is 0 Å². The number of rotatable bonds is 2. The van der Waals surface area contributed by atoms with E-state index in [4.69, 9.17) is 15.2 Å². The van der Waals surface area contributed by atoms with Crippen LogP contribution in [-0.4, -0.2) is 25.4 Å². The van der Waals surface area contributed by atoms with Crippen LogP contribution in [0.25, 0.3) is 0 Å². The molecule has 4 nitrogen and oxygen atoms in total. The van der Waals surface area contributed by atoms with Gasteiger partial charge in [-0.15, -0.1) is 0 Å². The molecule has 0 amide bonds. The van der Waals surface area contributed by atoms with Crippen LogP contribution in [0.4, 0.5) is 0 Å². The number of aliphatic hydroxyl groups is 1. The van der Waals surface area contributed by atoms with E-state index < -0.39 is 5.60 Å². The molecule has 0 bridgehead atoms. The topological polar surface area (TPSA) is 64.7 Å². The summed E-state index contributed by atoms with van der Waals surface area (Å²) in [6.45, 7) is 0.919. The van der Waals surface area contributed by atoms with Gasteiger partial charge in [0.2, 0.25) is 0 Å². The zero-order chi connectivity index (χ0) is 12.0. The van der Waals surface area contributed by atoms with E-state index in [-0.39, 0.29) is 6.54 Å². The summed E-state index contributed by atoms with van der Waals surface area (Å²) in [5, 5.41) is 10.7. The van der Waals surface area contributed by atoms with Gasteiger partial charge in [0, 0.05) is 23.6 Å². The average molecular weight is 235 g/mol. The fraction of sp³-hybridized carbons (Fsp3) is 0.538. The van der Waals surface area contributed by atoms with E-state index >= 15 is 0 Å². The Morgan fingerprint density at radius 3 is 3.12 bits per heavy atom. The van der Waals surface area contributed by atoms with Crippen molar-refractivity contribution >= 4 is 0 Å². The van der Waals surface area contributed by atoms with E-state index in [2.05, 4.69) is 0 Å². The van der Waals surface area contributed by atoms with Gasteiger partial charge in [-0.2, -0.15) is 0 Å². The van der Waals surface area contributed by atoms with Gasteiger partial charge in [0.25, 0.3) is 0 Å². The molecular formula is C13H17NO3. The Balaban J connectivity index is 2.26. The third-order valence-electron chi connectivity index (χ3n) is 3.94. The molecule has 0 spiro atoms.